The number of ketones is 1. The van der Waals surface area contributed by atoms with Crippen LogP contribution in [-0.4, -0.2) is 53.3 Å². The van der Waals surface area contributed by atoms with E-state index in [0.717, 1.165) is 5.56 Å². The predicted molar refractivity (Wildman–Crippen MR) is 103 cm³/mol. The monoisotopic (exact) mass is 404 g/mol. The number of piperidine rings is 1. The molecular weight excluding hydrogens is 380 g/mol. The predicted octanol–water partition coefficient (Wildman–Crippen LogP) is 1.13. The molecule has 2 heterocycles. The second kappa shape index (κ2) is 8.24. The lowest BCUT2D eigenvalue weighted by Crippen LogP contribution is -2.46. The van der Waals surface area contributed by atoms with Crippen LogP contribution in [0.1, 0.15) is 35.8 Å². The normalized spacial score (nSPS) is 16.1. The molecule has 0 aliphatic carbocycles. The minimum atomic E-state index is -3.59. The second-order valence-electron chi connectivity index (χ2n) is 7.01. The molecule has 3 rings (SSSR count). The Morgan fingerprint density at radius 2 is 1.79 bits per heavy atom. The maximum absolute atomic E-state index is 12.8. The van der Waals surface area contributed by atoms with Gasteiger partial charge in [0.25, 0.3) is 5.91 Å². The summed E-state index contributed by atoms with van der Waals surface area (Å²) < 4.78 is 28.6. The smallest absolute Gasteiger partial charge is 0.269 e. The third-order valence-electron chi connectivity index (χ3n) is 4.86. The van der Waals surface area contributed by atoms with Gasteiger partial charge < -0.3 is 5.32 Å². The zero-order valence-electron chi connectivity index (χ0n) is 16.0. The summed E-state index contributed by atoms with van der Waals surface area (Å²) in [6.45, 7) is 2.18. The minimum absolute atomic E-state index is 0.0332. The number of Topliss-reactive ketones (excluding diaryl/α,β-unsaturated/α-hetero) is 1. The number of amides is 1. The third kappa shape index (κ3) is 4.48. The van der Waals surface area contributed by atoms with Gasteiger partial charge in [-0.2, -0.15) is 9.40 Å². The van der Waals surface area contributed by atoms with Crippen molar-refractivity contribution in [2.24, 2.45) is 7.05 Å². The molecule has 0 atom stereocenters. The molecule has 0 radical (unpaired) electrons. The van der Waals surface area contributed by atoms with Crippen molar-refractivity contribution >= 4 is 21.7 Å². The van der Waals surface area contributed by atoms with Crippen molar-refractivity contribution in [3.8, 4) is 0 Å². The van der Waals surface area contributed by atoms with Crippen LogP contribution in [0.15, 0.2) is 41.4 Å². The number of hydrogen-bond donors (Lipinski definition) is 1. The average Bonchev–Trinajstić information content (AvgIpc) is 3.08. The van der Waals surface area contributed by atoms with E-state index in [0.29, 0.717) is 38.0 Å². The van der Waals surface area contributed by atoms with Crippen molar-refractivity contribution in [2.75, 3.05) is 13.1 Å². The highest BCUT2D eigenvalue weighted by molar-refractivity contribution is 7.89. The van der Waals surface area contributed by atoms with Gasteiger partial charge in [-0.15, -0.1) is 0 Å². The molecule has 28 heavy (non-hydrogen) atoms. The lowest BCUT2D eigenvalue weighted by atomic mass is 10.1. The van der Waals surface area contributed by atoms with E-state index in [1.807, 2.05) is 0 Å². The molecule has 1 fully saturated rings. The van der Waals surface area contributed by atoms with E-state index in [9.17, 15) is 18.0 Å². The van der Waals surface area contributed by atoms with Gasteiger partial charge in [-0.05, 0) is 43.5 Å². The molecule has 8 nitrogen and oxygen atoms in total. The van der Waals surface area contributed by atoms with Gasteiger partial charge in [0.05, 0.1) is 4.90 Å². The van der Waals surface area contributed by atoms with Gasteiger partial charge in [0.2, 0.25) is 10.0 Å². The van der Waals surface area contributed by atoms with Gasteiger partial charge in [0.1, 0.15) is 11.5 Å². The molecule has 1 saturated heterocycles. The lowest BCUT2D eigenvalue weighted by Gasteiger charge is -2.31. The molecule has 9 heteroatoms. The summed E-state index contributed by atoms with van der Waals surface area (Å²) in [4.78, 5) is 23.7. The van der Waals surface area contributed by atoms with Crippen molar-refractivity contribution in [3.63, 3.8) is 0 Å². The topological polar surface area (TPSA) is 101 Å². The van der Waals surface area contributed by atoms with Gasteiger partial charge in [0.15, 0.2) is 0 Å². The first-order chi connectivity index (χ1) is 13.3. The van der Waals surface area contributed by atoms with Crippen molar-refractivity contribution in [2.45, 2.75) is 37.1 Å². The largest absolute Gasteiger partial charge is 0.348 e. The summed E-state index contributed by atoms with van der Waals surface area (Å²) >= 11 is 0. The highest BCUT2D eigenvalue weighted by atomic mass is 32.2. The Bertz CT molecular complexity index is 958. The minimum Gasteiger partial charge on any atom is -0.348 e. The fourth-order valence-corrected chi connectivity index (χ4v) is 4.78. The molecule has 1 aromatic heterocycles. The molecule has 0 unspecified atom stereocenters. The number of carbonyl (C=O) groups excluding carboxylic acids is 2. The Kier molecular flexibility index (Phi) is 5.95. The zero-order valence-corrected chi connectivity index (χ0v) is 16.8. The van der Waals surface area contributed by atoms with Crippen molar-refractivity contribution in [3.05, 3.63) is 47.8 Å². The summed E-state index contributed by atoms with van der Waals surface area (Å²) in [6.07, 6.45) is 2.95. The number of sulfonamides is 1. The number of carbonyl (C=O) groups is 2. The molecule has 0 spiro atoms. The van der Waals surface area contributed by atoms with Gasteiger partial charge in [-0.1, -0.05) is 12.1 Å². The van der Waals surface area contributed by atoms with E-state index in [2.05, 4.69) is 10.4 Å². The Morgan fingerprint density at radius 1 is 1.14 bits per heavy atom. The molecule has 1 N–H and O–H groups in total. The van der Waals surface area contributed by atoms with Crippen LogP contribution in [0.3, 0.4) is 0 Å². The summed E-state index contributed by atoms with van der Waals surface area (Å²) in [6, 6.07) is 8.01. The molecule has 0 saturated carbocycles. The number of aromatic nitrogens is 2. The molecule has 1 aliphatic rings. The fraction of sp³-hybridized carbons (Fsp3) is 0.421. The summed E-state index contributed by atoms with van der Waals surface area (Å²) in [5.74, 6) is -0.173. The van der Waals surface area contributed by atoms with E-state index in [1.165, 1.54) is 15.9 Å². The molecule has 2 aromatic rings. The van der Waals surface area contributed by atoms with Crippen molar-refractivity contribution in [1.82, 2.24) is 19.4 Å². The summed E-state index contributed by atoms with van der Waals surface area (Å²) in [7, 11) is -1.89. The molecule has 150 valence electrons. The highest BCUT2D eigenvalue weighted by Gasteiger charge is 2.30. The van der Waals surface area contributed by atoms with Gasteiger partial charge in [0, 0.05) is 38.8 Å². The van der Waals surface area contributed by atoms with Crippen LogP contribution >= 0.6 is 0 Å². The van der Waals surface area contributed by atoms with Gasteiger partial charge >= 0.3 is 0 Å². The number of nitrogens with one attached hydrogen (secondary N) is 1. The Balaban J connectivity index is 1.59. The van der Waals surface area contributed by atoms with Crippen molar-refractivity contribution in [1.29, 1.82) is 0 Å². The van der Waals surface area contributed by atoms with E-state index in [-0.39, 0.29) is 22.6 Å². The average molecular weight is 404 g/mol. The van der Waals surface area contributed by atoms with Gasteiger partial charge in [-0.25, -0.2) is 8.42 Å². The standard InChI is InChI=1S/C19H24N4O4S/c1-14(24)13-15-3-5-17(6-4-15)28(26,27)23-11-8-16(9-12-23)21-19(25)18-7-10-20-22(18)2/h3-7,10,16H,8-9,11-13H2,1-2H3,(H,21,25). The number of hydrogen-bond acceptors (Lipinski definition) is 5. The number of nitrogens with zero attached hydrogens (tertiary/aromatic N) is 3. The molecule has 1 aliphatic heterocycles. The second-order valence-corrected chi connectivity index (χ2v) is 8.95. The quantitative estimate of drug-likeness (QED) is 0.778. The first kappa shape index (κ1) is 20.2. The van der Waals surface area contributed by atoms with Crippen LogP contribution in [0.4, 0.5) is 0 Å². The Morgan fingerprint density at radius 3 is 2.32 bits per heavy atom. The maximum Gasteiger partial charge on any atom is 0.269 e. The lowest BCUT2D eigenvalue weighted by molar-refractivity contribution is -0.116. The summed E-state index contributed by atoms with van der Waals surface area (Å²) in [5.41, 5.74) is 1.27. The molecule has 1 amide bonds. The SMILES string of the molecule is CC(=O)Cc1ccc(S(=O)(=O)N2CCC(NC(=O)c3ccnn3C)CC2)cc1. The summed E-state index contributed by atoms with van der Waals surface area (Å²) in [5, 5.41) is 6.93. The molecule has 0 bridgehead atoms. The van der Waals surface area contributed by atoms with Crippen LogP contribution in [0, 0.1) is 0 Å². The van der Waals surface area contributed by atoms with Crippen molar-refractivity contribution < 1.29 is 18.0 Å². The maximum atomic E-state index is 12.8. The first-order valence-electron chi connectivity index (χ1n) is 9.15. The zero-order chi connectivity index (χ0) is 20.3. The van der Waals surface area contributed by atoms with E-state index in [1.54, 1.807) is 43.6 Å². The number of aryl methyl sites for hydroxylation is 1. The Hall–Kier alpha value is -2.52. The van der Waals surface area contributed by atoms with Gasteiger partial charge in [-0.3, -0.25) is 14.3 Å². The van der Waals surface area contributed by atoms with E-state index >= 15 is 0 Å². The van der Waals surface area contributed by atoms with Crippen LogP contribution in [0.25, 0.3) is 0 Å². The first-order valence-corrected chi connectivity index (χ1v) is 10.6. The van der Waals surface area contributed by atoms with E-state index < -0.39 is 10.0 Å². The van der Waals surface area contributed by atoms with E-state index in [4.69, 9.17) is 0 Å². The number of rotatable bonds is 6. The van der Waals surface area contributed by atoms with Crippen LogP contribution in [0.2, 0.25) is 0 Å². The third-order valence-corrected chi connectivity index (χ3v) is 6.77. The van der Waals surface area contributed by atoms with Crippen LogP contribution < -0.4 is 5.32 Å². The Labute approximate surface area is 164 Å². The molecular formula is C19H24N4O4S. The van der Waals surface area contributed by atoms with Crippen LogP contribution in [-0.2, 0) is 28.3 Å². The molecule has 1 aromatic carbocycles. The number of benzene rings is 1. The fourth-order valence-electron chi connectivity index (χ4n) is 3.31. The highest BCUT2D eigenvalue weighted by Crippen LogP contribution is 2.21. The van der Waals surface area contributed by atoms with Crippen LogP contribution in [0.5, 0.6) is 0 Å².